The van der Waals surface area contributed by atoms with Crippen LogP contribution in [0, 0.1) is 5.92 Å². The van der Waals surface area contributed by atoms with Crippen LogP contribution in [0.15, 0.2) is 9.15 Å². The Hall–Kier alpha value is 1.16. The van der Waals surface area contributed by atoms with Crippen molar-refractivity contribution in [1.29, 1.82) is 0 Å². The van der Waals surface area contributed by atoms with Crippen LogP contribution in [0.3, 0.4) is 0 Å². The molecule has 12 heavy (non-hydrogen) atoms. The maximum atomic E-state index is 5.97. The van der Waals surface area contributed by atoms with E-state index in [1.807, 2.05) is 5.57 Å². The van der Waals surface area contributed by atoms with Gasteiger partial charge in [0.25, 0.3) is 0 Å². The number of halogens is 2. The molecule has 0 aromatic rings. The summed E-state index contributed by atoms with van der Waals surface area (Å²) in [5.74, 6) is 0.940. The van der Waals surface area contributed by atoms with E-state index in [-0.39, 0.29) is 0 Å². The van der Waals surface area contributed by atoms with E-state index < -0.39 is 0 Å². The molecule has 0 saturated carbocycles. The van der Waals surface area contributed by atoms with Gasteiger partial charge in [-0.3, -0.25) is 0 Å². The van der Waals surface area contributed by atoms with E-state index in [9.17, 15) is 0 Å². The summed E-state index contributed by atoms with van der Waals surface area (Å²) in [6.45, 7) is 2.37. The van der Waals surface area contributed by atoms with E-state index in [4.69, 9.17) is 5.73 Å². The third-order valence-corrected chi connectivity index (χ3v) is 8.70. The predicted molar refractivity (Wildman–Crippen MR) is 43.1 cm³/mol. The molecule has 0 bridgehead atoms. The molecular weight excluding hydrogens is 376 g/mol. The summed E-state index contributed by atoms with van der Waals surface area (Å²) in [6.07, 6.45) is 2.75. The molecule has 0 spiro atoms. The Balaban J connectivity index is 2.05. The summed E-state index contributed by atoms with van der Waals surface area (Å²) >= 11 is 0.815. The molecule has 1 saturated heterocycles. The Morgan fingerprint density at radius 1 is 1.50 bits per heavy atom. The van der Waals surface area contributed by atoms with Gasteiger partial charge in [0.1, 0.15) is 0 Å². The Bertz CT molecular complexity index is 213. The molecule has 2 heterocycles. The first-order chi connectivity index (χ1) is 5.77. The average Bonchev–Trinajstić information content (AvgIpc) is 2.58. The Kier molecular flexibility index (Phi) is 3.34. The number of rotatable bonds is 1. The van der Waals surface area contributed by atoms with Crippen molar-refractivity contribution in [3.05, 3.63) is 9.15 Å². The van der Waals surface area contributed by atoms with E-state index >= 15 is 0 Å². The molecule has 2 N–H and O–H groups in total. The van der Waals surface area contributed by atoms with Gasteiger partial charge in [0.2, 0.25) is 0 Å². The summed E-state index contributed by atoms with van der Waals surface area (Å²) in [5, 5.41) is 0. The number of alkyl halides is 3. The third-order valence-electron chi connectivity index (χ3n) is 2.58. The van der Waals surface area contributed by atoms with Crippen molar-refractivity contribution < 1.29 is 42.4 Å². The van der Waals surface area contributed by atoms with Crippen molar-refractivity contribution in [2.45, 2.75) is 23.8 Å². The van der Waals surface area contributed by atoms with Gasteiger partial charge in [-0.2, -0.15) is 0 Å². The molecular formula is C9H15I2N-2. The van der Waals surface area contributed by atoms with E-state index in [2.05, 4.69) is 6.92 Å². The molecule has 2 atom stereocenters. The Morgan fingerprint density at radius 3 is 2.83 bits per heavy atom. The van der Waals surface area contributed by atoms with Gasteiger partial charge in [-0.15, -0.1) is 0 Å². The normalized spacial score (nSPS) is 37.8. The maximum absolute atomic E-state index is 5.97. The van der Waals surface area contributed by atoms with E-state index in [0.29, 0.717) is 46.5 Å². The zero-order valence-electron chi connectivity index (χ0n) is 7.32. The standard InChI is InChI=1S/C9H15I2N/c1-6-8(2-3-10-6)7-4-9(12)11-5-7/h7,9H,2-5,12H2,1H3/q-2/t7?,9-/m1/s1. The molecule has 1 unspecified atom stereocenters. The van der Waals surface area contributed by atoms with Crippen LogP contribution in [0.2, 0.25) is 0 Å². The van der Waals surface area contributed by atoms with Gasteiger partial charge in [0.15, 0.2) is 0 Å². The van der Waals surface area contributed by atoms with Crippen LogP contribution < -0.4 is 48.1 Å². The van der Waals surface area contributed by atoms with Crippen LogP contribution in [0.1, 0.15) is 19.8 Å². The van der Waals surface area contributed by atoms with Crippen molar-refractivity contribution >= 4 is 0 Å². The van der Waals surface area contributed by atoms with Crippen LogP contribution in [0.25, 0.3) is 0 Å². The van der Waals surface area contributed by atoms with Gasteiger partial charge in [0, 0.05) is 0 Å². The second-order valence-corrected chi connectivity index (χ2v) is 10.2. The van der Waals surface area contributed by atoms with Crippen molar-refractivity contribution in [2.75, 3.05) is 8.86 Å². The fraction of sp³-hybridized carbons (Fsp3) is 0.778. The third kappa shape index (κ3) is 1.97. The van der Waals surface area contributed by atoms with Crippen molar-refractivity contribution in [3.63, 3.8) is 0 Å². The number of allylic oxidation sites excluding steroid dienone is 2. The number of hydrogen-bond donors (Lipinski definition) is 1. The number of nitrogens with two attached hydrogens (primary N) is 1. The molecule has 0 radical (unpaired) electrons. The van der Waals surface area contributed by atoms with Crippen molar-refractivity contribution in [3.8, 4) is 0 Å². The van der Waals surface area contributed by atoms with Gasteiger partial charge >= 0.3 is 95.9 Å². The molecule has 0 amide bonds. The van der Waals surface area contributed by atoms with Crippen LogP contribution in [-0.4, -0.2) is 12.9 Å². The fourth-order valence-corrected chi connectivity index (χ4v) is 7.88. The zero-order chi connectivity index (χ0) is 8.55. The Labute approximate surface area is 95.1 Å². The molecule has 2 rings (SSSR count). The second-order valence-electron chi connectivity index (χ2n) is 3.39. The van der Waals surface area contributed by atoms with Crippen LogP contribution in [0.5, 0.6) is 0 Å². The monoisotopic (exact) mass is 391 g/mol. The quantitative estimate of drug-likeness (QED) is 0.271. The summed E-state index contributed by atoms with van der Waals surface area (Å²) in [7, 11) is 0. The predicted octanol–water partition coefficient (Wildman–Crippen LogP) is -4.85. The van der Waals surface area contributed by atoms with Crippen molar-refractivity contribution in [1.82, 2.24) is 0 Å². The summed E-state index contributed by atoms with van der Waals surface area (Å²) in [4.78, 5) is 0. The first-order valence-corrected chi connectivity index (χ1v) is 9.77. The molecule has 2 aliphatic heterocycles. The molecule has 72 valence electrons. The first-order valence-electron chi connectivity index (χ1n) is 4.39. The van der Waals surface area contributed by atoms with Crippen LogP contribution >= 0.6 is 0 Å². The average molecular weight is 391 g/mol. The number of hydrogen-bond acceptors (Lipinski definition) is 1. The van der Waals surface area contributed by atoms with Crippen LogP contribution in [-0.2, 0) is 0 Å². The molecule has 0 aromatic heterocycles. The zero-order valence-corrected chi connectivity index (χ0v) is 11.6. The van der Waals surface area contributed by atoms with E-state index in [1.54, 1.807) is 3.58 Å². The van der Waals surface area contributed by atoms with Gasteiger partial charge in [0.05, 0.1) is 0 Å². The van der Waals surface area contributed by atoms with Gasteiger partial charge in [-0.05, 0) is 0 Å². The second kappa shape index (κ2) is 4.13. The van der Waals surface area contributed by atoms with Crippen LogP contribution in [0.4, 0.5) is 0 Å². The first kappa shape index (κ1) is 9.71. The molecule has 2 aliphatic rings. The minimum absolute atomic E-state index is 0.358. The summed E-state index contributed by atoms with van der Waals surface area (Å²) in [5.41, 5.74) is 7.82. The van der Waals surface area contributed by atoms with E-state index in [0.717, 1.165) is 5.92 Å². The molecule has 3 heteroatoms. The summed E-state index contributed by atoms with van der Waals surface area (Å²) < 4.78 is 5.42. The topological polar surface area (TPSA) is 26.0 Å². The van der Waals surface area contributed by atoms with Crippen molar-refractivity contribution in [2.24, 2.45) is 11.7 Å². The van der Waals surface area contributed by atoms with Gasteiger partial charge in [-0.25, -0.2) is 0 Å². The molecule has 1 nitrogen and oxygen atoms in total. The summed E-state index contributed by atoms with van der Waals surface area (Å²) in [6, 6.07) is 0. The van der Waals surface area contributed by atoms with Gasteiger partial charge in [-0.1, -0.05) is 0 Å². The fourth-order valence-electron chi connectivity index (χ4n) is 1.89. The van der Waals surface area contributed by atoms with E-state index in [1.165, 1.54) is 21.7 Å². The molecule has 0 aliphatic carbocycles. The SMILES string of the molecule is CC1=C(C2C[I-][C@H](N)C2)CC[I-]1. The molecule has 1 fully saturated rings. The van der Waals surface area contributed by atoms with Gasteiger partial charge < -0.3 is 0 Å². The Morgan fingerprint density at radius 2 is 2.33 bits per heavy atom. The molecule has 0 aromatic carbocycles. The minimum atomic E-state index is 0.358.